The summed E-state index contributed by atoms with van der Waals surface area (Å²) in [5.41, 5.74) is 0.136. The summed E-state index contributed by atoms with van der Waals surface area (Å²) in [5.74, 6) is -4.07. The van der Waals surface area contributed by atoms with Gasteiger partial charge in [0.15, 0.2) is 18.5 Å². The van der Waals surface area contributed by atoms with Gasteiger partial charge >= 0.3 is 11.9 Å². The molecule has 0 amide bonds. The van der Waals surface area contributed by atoms with E-state index in [2.05, 4.69) is 26.0 Å². The quantitative estimate of drug-likeness (QED) is 0.0328. The first-order chi connectivity index (χ1) is 27.2. The highest BCUT2D eigenvalue weighted by molar-refractivity contribution is 5.82. The molecule has 0 radical (unpaired) electrons. The molecular formula is C41H60O16. The average molecular weight is 809 g/mol. The van der Waals surface area contributed by atoms with Gasteiger partial charge in [0.25, 0.3) is 0 Å². The zero-order valence-corrected chi connectivity index (χ0v) is 33.0. The molecule has 320 valence electrons. The number of carbonyl (C=O) groups excluding carboxylic acids is 2. The van der Waals surface area contributed by atoms with E-state index in [9.17, 15) is 50.4 Å². The first kappa shape index (κ1) is 46.3. The summed E-state index contributed by atoms with van der Waals surface area (Å²) in [7, 11) is 0. The van der Waals surface area contributed by atoms with Crippen LogP contribution in [-0.4, -0.2) is 127 Å². The number of unbranched alkanes of at least 4 members (excludes halogenated alkanes) is 1. The lowest BCUT2D eigenvalue weighted by Gasteiger charge is -2.50. The third-order valence-corrected chi connectivity index (χ3v) is 10.6. The van der Waals surface area contributed by atoms with E-state index in [1.165, 1.54) is 12.1 Å². The maximum absolute atomic E-state index is 13.3. The number of rotatable bonds is 19. The minimum atomic E-state index is -2.25. The van der Waals surface area contributed by atoms with Gasteiger partial charge in [-0.2, -0.15) is 0 Å². The van der Waals surface area contributed by atoms with E-state index in [4.69, 9.17) is 28.4 Å². The molecule has 13 atom stereocenters. The second kappa shape index (κ2) is 21.5. The van der Waals surface area contributed by atoms with Crippen LogP contribution < -0.4 is 0 Å². The van der Waals surface area contributed by atoms with Gasteiger partial charge in [-0.1, -0.05) is 64.5 Å². The molecule has 3 aliphatic rings. The molecule has 16 heteroatoms. The minimum Gasteiger partial charge on any atom is -0.508 e. The molecule has 0 saturated carbocycles. The van der Waals surface area contributed by atoms with Crippen LogP contribution in [-0.2, 0) is 50.4 Å². The normalized spacial score (nSPS) is 31.9. The van der Waals surface area contributed by atoms with Crippen LogP contribution in [0.15, 0.2) is 48.6 Å². The van der Waals surface area contributed by atoms with Gasteiger partial charge in [0.2, 0.25) is 5.79 Å². The summed E-state index contributed by atoms with van der Waals surface area (Å²) >= 11 is 0. The maximum Gasteiger partial charge on any atom is 0.331 e. The predicted octanol–water partition coefficient (Wildman–Crippen LogP) is 2.25. The van der Waals surface area contributed by atoms with Crippen molar-refractivity contribution in [3.05, 3.63) is 59.7 Å². The third kappa shape index (κ3) is 11.6. The molecule has 2 fully saturated rings. The molecule has 2 saturated heterocycles. The number of benzene rings is 1. The Kier molecular flexibility index (Phi) is 17.5. The monoisotopic (exact) mass is 808 g/mol. The summed E-state index contributed by atoms with van der Waals surface area (Å²) in [5, 5.41) is 86.1. The minimum absolute atomic E-state index is 0.0491. The number of esters is 2. The van der Waals surface area contributed by atoms with Crippen molar-refractivity contribution in [3.63, 3.8) is 0 Å². The number of aliphatic hydroxyl groups excluding tert-OH is 6. The van der Waals surface area contributed by atoms with E-state index >= 15 is 0 Å². The SMILES string of the molecule is CCCC(=O)OCC1OC(OC2C(CO)OC3(OCc4cc(O)cc(O)c43)C(O)C2OC(=O)C=CC=CCC(O)C(C)CCCC=CC(C)CC)C(O)C(O)C1O. The third-order valence-electron chi connectivity index (χ3n) is 10.6. The van der Waals surface area contributed by atoms with Crippen molar-refractivity contribution in [2.24, 2.45) is 11.8 Å². The Morgan fingerprint density at radius 3 is 2.46 bits per heavy atom. The van der Waals surface area contributed by atoms with Crippen LogP contribution in [0.2, 0.25) is 0 Å². The molecule has 1 aromatic carbocycles. The van der Waals surface area contributed by atoms with Crippen molar-refractivity contribution in [1.29, 1.82) is 0 Å². The van der Waals surface area contributed by atoms with Crippen molar-refractivity contribution in [3.8, 4) is 11.5 Å². The van der Waals surface area contributed by atoms with E-state index in [1.54, 1.807) is 19.1 Å². The molecule has 3 aliphatic heterocycles. The van der Waals surface area contributed by atoms with Crippen LogP contribution in [0.4, 0.5) is 0 Å². The van der Waals surface area contributed by atoms with Crippen molar-refractivity contribution in [2.45, 2.75) is 146 Å². The number of carbonyl (C=O) groups is 2. The lowest BCUT2D eigenvalue weighted by atomic mass is 9.86. The molecule has 0 aliphatic carbocycles. The number of fused-ring (bicyclic) bond motifs is 2. The molecule has 0 aromatic heterocycles. The number of aromatic hydroxyl groups is 2. The Labute approximate surface area is 332 Å². The summed E-state index contributed by atoms with van der Waals surface area (Å²) in [4.78, 5) is 25.3. The van der Waals surface area contributed by atoms with Crippen molar-refractivity contribution in [2.75, 3.05) is 13.2 Å². The van der Waals surface area contributed by atoms with Crippen molar-refractivity contribution < 1.29 is 78.9 Å². The van der Waals surface area contributed by atoms with Crippen molar-refractivity contribution in [1.82, 2.24) is 0 Å². The number of allylic oxidation sites excluding steroid dienone is 4. The van der Waals surface area contributed by atoms with Gasteiger partial charge in [0, 0.05) is 18.6 Å². The standard InChI is InChI=1S/C41H60O16/c1-5-13-31(46)52-22-30-34(48)35(49)36(50)40(54-30)56-37-29(20-42)57-41(33-25(21-53-41)18-26(43)19-28(33)45)39(51)38(37)55-32(47)17-12-8-11-16-27(44)24(4)15-10-7-9-14-23(3)6-2/h8-9,11-12,14,17-19,23-24,27,29-30,34-40,42-45,48-51H,5-7,10,13,15-16,20-22H2,1-4H3. The lowest BCUT2D eigenvalue weighted by Crippen LogP contribution is -2.67. The summed E-state index contributed by atoms with van der Waals surface area (Å²) in [6, 6.07) is 2.28. The van der Waals surface area contributed by atoms with E-state index in [0.717, 1.165) is 37.8 Å². The van der Waals surface area contributed by atoms with Gasteiger partial charge in [-0.15, -0.1) is 0 Å². The van der Waals surface area contributed by atoms with Crippen LogP contribution in [0.1, 0.15) is 83.8 Å². The number of phenolic OH excluding ortho intramolecular Hbond substituents is 2. The van der Waals surface area contributed by atoms with Crippen molar-refractivity contribution >= 4 is 11.9 Å². The molecule has 0 bridgehead atoms. The maximum atomic E-state index is 13.3. The fourth-order valence-electron chi connectivity index (χ4n) is 7.00. The number of ether oxygens (including phenoxy) is 6. The number of phenols is 2. The van der Waals surface area contributed by atoms with Gasteiger partial charge in [0.1, 0.15) is 54.7 Å². The Bertz CT molecular complexity index is 1550. The Morgan fingerprint density at radius 2 is 1.75 bits per heavy atom. The molecule has 16 nitrogen and oxygen atoms in total. The van der Waals surface area contributed by atoms with Gasteiger partial charge < -0.3 is 69.3 Å². The molecule has 4 rings (SSSR count). The van der Waals surface area contributed by atoms with E-state index < -0.39 is 97.9 Å². The molecular weight excluding hydrogens is 748 g/mol. The van der Waals surface area contributed by atoms with Crippen LogP contribution in [0.5, 0.6) is 11.5 Å². The number of hydrogen-bond acceptors (Lipinski definition) is 16. The van der Waals surface area contributed by atoms with Gasteiger partial charge in [-0.05, 0) is 55.6 Å². The average Bonchev–Trinajstić information content (AvgIpc) is 3.55. The molecule has 3 heterocycles. The fraction of sp³-hybridized carbons (Fsp3) is 0.659. The first-order valence-electron chi connectivity index (χ1n) is 19.7. The Morgan fingerprint density at radius 1 is 1.00 bits per heavy atom. The highest BCUT2D eigenvalue weighted by Crippen LogP contribution is 2.51. The van der Waals surface area contributed by atoms with Crippen LogP contribution >= 0.6 is 0 Å². The van der Waals surface area contributed by atoms with Gasteiger partial charge in [-0.25, -0.2) is 4.79 Å². The van der Waals surface area contributed by atoms with Crippen LogP contribution in [0, 0.1) is 11.8 Å². The fourth-order valence-corrected chi connectivity index (χ4v) is 7.00. The molecule has 1 aromatic rings. The van der Waals surface area contributed by atoms with E-state index in [1.807, 2.05) is 6.92 Å². The second-order valence-corrected chi connectivity index (χ2v) is 15.0. The smallest absolute Gasteiger partial charge is 0.331 e. The largest absolute Gasteiger partial charge is 0.508 e. The Hall–Kier alpha value is -3.42. The van der Waals surface area contributed by atoms with Gasteiger partial charge in [-0.3, -0.25) is 4.79 Å². The molecule has 1 spiro atoms. The summed E-state index contributed by atoms with van der Waals surface area (Å²) in [6.45, 7) is 6.41. The van der Waals surface area contributed by atoms with Crippen LogP contribution in [0.3, 0.4) is 0 Å². The number of aliphatic hydroxyl groups is 6. The zero-order chi connectivity index (χ0) is 41.9. The first-order valence-corrected chi connectivity index (χ1v) is 19.7. The topological polar surface area (TPSA) is 251 Å². The second-order valence-electron chi connectivity index (χ2n) is 15.0. The summed E-state index contributed by atoms with van der Waals surface area (Å²) in [6.07, 6.45) is -1.46. The zero-order valence-electron chi connectivity index (χ0n) is 33.0. The molecule has 8 N–H and O–H groups in total. The molecule has 13 unspecified atom stereocenters. The highest BCUT2D eigenvalue weighted by atomic mass is 16.8. The summed E-state index contributed by atoms with van der Waals surface area (Å²) < 4.78 is 34.5. The van der Waals surface area contributed by atoms with Crippen LogP contribution in [0.25, 0.3) is 0 Å². The Balaban J connectivity index is 1.51. The van der Waals surface area contributed by atoms with Gasteiger partial charge in [0.05, 0.1) is 24.9 Å². The van der Waals surface area contributed by atoms with E-state index in [0.29, 0.717) is 18.8 Å². The predicted molar refractivity (Wildman–Crippen MR) is 202 cm³/mol. The number of hydrogen-bond donors (Lipinski definition) is 8. The molecule has 57 heavy (non-hydrogen) atoms. The highest BCUT2D eigenvalue weighted by Gasteiger charge is 2.63. The van der Waals surface area contributed by atoms with E-state index in [-0.39, 0.29) is 35.8 Å². The lowest BCUT2D eigenvalue weighted by molar-refractivity contribution is -0.395.